The molecule has 0 radical (unpaired) electrons. The Morgan fingerprint density at radius 1 is 1.03 bits per heavy atom. The van der Waals surface area contributed by atoms with Gasteiger partial charge in [0.1, 0.15) is 6.04 Å². The lowest BCUT2D eigenvalue weighted by Crippen LogP contribution is -2.50. The largest absolute Gasteiger partial charge is 0.467 e. The second-order valence-corrected chi connectivity index (χ2v) is 6.62. The number of methoxy groups -OCH3 is 1. The summed E-state index contributed by atoms with van der Waals surface area (Å²) in [5.41, 5.74) is 0.939. The zero-order valence-electron chi connectivity index (χ0n) is 16.8. The van der Waals surface area contributed by atoms with Crippen molar-refractivity contribution in [1.82, 2.24) is 10.6 Å². The van der Waals surface area contributed by atoms with Crippen LogP contribution in [0.4, 0.5) is 0 Å². The Hall–Kier alpha value is -3.45. The summed E-state index contributed by atoms with van der Waals surface area (Å²) in [6, 6.07) is 15.2. The number of aliphatic hydroxyl groups excluding tert-OH is 1. The molecule has 0 aromatic heterocycles. The maximum absolute atomic E-state index is 12.7. The SMILES string of the molecule is C=CCC[C@@H](NC(=O)[C@H](O)[C@@H](NC(=O)c1ccccc1)c1ccccc1)C(=O)OC. The zero-order valence-corrected chi connectivity index (χ0v) is 16.8. The van der Waals surface area contributed by atoms with Crippen LogP contribution in [0.25, 0.3) is 0 Å². The predicted octanol–water partition coefficient (Wildman–Crippen LogP) is 2.14. The zero-order chi connectivity index (χ0) is 21.9. The second kappa shape index (κ2) is 11.5. The lowest BCUT2D eigenvalue weighted by Gasteiger charge is -2.26. The number of allylic oxidation sites excluding steroid dienone is 1. The maximum Gasteiger partial charge on any atom is 0.328 e. The monoisotopic (exact) mass is 410 g/mol. The second-order valence-electron chi connectivity index (χ2n) is 6.62. The lowest BCUT2D eigenvalue weighted by atomic mass is 9.99. The topological polar surface area (TPSA) is 105 Å². The van der Waals surface area contributed by atoms with E-state index < -0.39 is 36.0 Å². The quantitative estimate of drug-likeness (QED) is 0.411. The summed E-state index contributed by atoms with van der Waals surface area (Å²) in [6.07, 6.45) is 0.742. The molecular formula is C23H26N2O5. The number of rotatable bonds is 10. The minimum atomic E-state index is -1.63. The van der Waals surface area contributed by atoms with Crippen LogP contribution in [-0.2, 0) is 14.3 Å². The van der Waals surface area contributed by atoms with Crippen LogP contribution in [-0.4, -0.2) is 42.1 Å². The molecule has 0 bridgehead atoms. The van der Waals surface area contributed by atoms with E-state index in [-0.39, 0.29) is 6.42 Å². The van der Waals surface area contributed by atoms with Crippen LogP contribution in [0.15, 0.2) is 73.3 Å². The summed E-state index contributed by atoms with van der Waals surface area (Å²) in [7, 11) is 1.22. The highest BCUT2D eigenvalue weighted by molar-refractivity contribution is 5.95. The third-order valence-electron chi connectivity index (χ3n) is 4.53. The molecule has 0 fully saturated rings. The molecule has 30 heavy (non-hydrogen) atoms. The van der Waals surface area contributed by atoms with Gasteiger partial charge in [-0.3, -0.25) is 9.59 Å². The van der Waals surface area contributed by atoms with Gasteiger partial charge in [0.05, 0.1) is 13.2 Å². The summed E-state index contributed by atoms with van der Waals surface area (Å²) >= 11 is 0. The number of ether oxygens (including phenoxy) is 1. The predicted molar refractivity (Wildman–Crippen MR) is 112 cm³/mol. The first-order valence-electron chi connectivity index (χ1n) is 9.56. The Bertz CT molecular complexity index is 854. The minimum Gasteiger partial charge on any atom is -0.467 e. The van der Waals surface area contributed by atoms with Gasteiger partial charge < -0.3 is 20.5 Å². The molecule has 0 heterocycles. The van der Waals surface area contributed by atoms with Crippen LogP contribution in [0.3, 0.4) is 0 Å². The van der Waals surface area contributed by atoms with E-state index in [0.29, 0.717) is 17.5 Å². The van der Waals surface area contributed by atoms with E-state index in [4.69, 9.17) is 4.74 Å². The molecule has 158 valence electrons. The van der Waals surface area contributed by atoms with Gasteiger partial charge in [-0.25, -0.2) is 4.79 Å². The van der Waals surface area contributed by atoms with Crippen molar-refractivity contribution in [3.8, 4) is 0 Å². The van der Waals surface area contributed by atoms with Gasteiger partial charge in [0.2, 0.25) is 0 Å². The first-order chi connectivity index (χ1) is 14.5. The summed E-state index contributed by atoms with van der Waals surface area (Å²) in [5.74, 6) is -1.86. The highest BCUT2D eigenvalue weighted by Gasteiger charge is 2.32. The van der Waals surface area contributed by atoms with Crippen molar-refractivity contribution in [3.05, 3.63) is 84.4 Å². The van der Waals surface area contributed by atoms with E-state index in [2.05, 4.69) is 17.2 Å². The van der Waals surface area contributed by atoms with Gasteiger partial charge >= 0.3 is 5.97 Å². The molecule has 7 heteroatoms. The Balaban J connectivity index is 2.22. The number of hydrogen-bond donors (Lipinski definition) is 3. The molecule has 0 unspecified atom stereocenters. The molecule has 2 amide bonds. The number of carbonyl (C=O) groups excluding carboxylic acids is 3. The lowest BCUT2D eigenvalue weighted by molar-refractivity contribution is -0.146. The molecular weight excluding hydrogens is 384 g/mol. The Kier molecular flexibility index (Phi) is 8.77. The van der Waals surface area contributed by atoms with Crippen LogP contribution in [0, 0.1) is 0 Å². The van der Waals surface area contributed by atoms with Gasteiger partial charge in [0.15, 0.2) is 6.10 Å². The summed E-state index contributed by atoms with van der Waals surface area (Å²) < 4.78 is 4.72. The van der Waals surface area contributed by atoms with Gasteiger partial charge in [-0.15, -0.1) is 6.58 Å². The van der Waals surface area contributed by atoms with E-state index in [1.54, 1.807) is 66.7 Å². The van der Waals surface area contributed by atoms with E-state index in [9.17, 15) is 19.5 Å². The number of hydrogen-bond acceptors (Lipinski definition) is 5. The molecule has 7 nitrogen and oxygen atoms in total. The summed E-state index contributed by atoms with van der Waals surface area (Å²) in [6.45, 7) is 3.60. The van der Waals surface area contributed by atoms with Gasteiger partial charge in [-0.1, -0.05) is 54.6 Å². The molecule has 2 aromatic rings. The first-order valence-corrected chi connectivity index (χ1v) is 9.56. The fourth-order valence-electron chi connectivity index (χ4n) is 2.90. The number of aliphatic hydroxyl groups is 1. The van der Waals surface area contributed by atoms with E-state index in [1.807, 2.05) is 0 Å². The van der Waals surface area contributed by atoms with Crippen LogP contribution < -0.4 is 10.6 Å². The maximum atomic E-state index is 12.7. The van der Waals surface area contributed by atoms with Gasteiger partial charge in [-0.2, -0.15) is 0 Å². The standard InChI is InChI=1S/C23H26N2O5/c1-3-4-15-18(23(29)30-2)24-22(28)20(26)19(16-11-7-5-8-12-16)25-21(27)17-13-9-6-10-14-17/h3,5-14,18-20,26H,1,4,15H2,2H3,(H,24,28)(H,25,27)/t18-,19+,20-/m1/s1. The Morgan fingerprint density at radius 2 is 1.63 bits per heavy atom. The van der Waals surface area contributed by atoms with E-state index >= 15 is 0 Å². The fourth-order valence-corrected chi connectivity index (χ4v) is 2.90. The average molecular weight is 410 g/mol. The van der Waals surface area contributed by atoms with Crippen molar-refractivity contribution < 1.29 is 24.2 Å². The smallest absolute Gasteiger partial charge is 0.328 e. The van der Waals surface area contributed by atoms with Crippen LogP contribution in [0.1, 0.15) is 34.8 Å². The van der Waals surface area contributed by atoms with Gasteiger partial charge in [0.25, 0.3) is 11.8 Å². The number of esters is 1. The fraction of sp³-hybridized carbons (Fsp3) is 0.261. The highest BCUT2D eigenvalue weighted by Crippen LogP contribution is 2.19. The van der Waals surface area contributed by atoms with Crippen molar-refractivity contribution >= 4 is 17.8 Å². The molecule has 0 aliphatic heterocycles. The number of benzene rings is 2. The number of nitrogens with one attached hydrogen (secondary N) is 2. The Labute approximate surface area is 175 Å². The first kappa shape index (κ1) is 22.8. The third kappa shape index (κ3) is 6.28. The van der Waals surface area contributed by atoms with Crippen LogP contribution in [0.2, 0.25) is 0 Å². The summed E-state index contributed by atoms with van der Waals surface area (Å²) in [5, 5.41) is 16.0. The highest BCUT2D eigenvalue weighted by atomic mass is 16.5. The molecule has 0 aliphatic carbocycles. The van der Waals surface area contributed by atoms with Crippen molar-refractivity contribution in [2.75, 3.05) is 7.11 Å². The number of carbonyl (C=O) groups is 3. The third-order valence-corrected chi connectivity index (χ3v) is 4.53. The van der Waals surface area contributed by atoms with Crippen molar-refractivity contribution in [2.45, 2.75) is 31.0 Å². The summed E-state index contributed by atoms with van der Waals surface area (Å²) in [4.78, 5) is 37.3. The molecule has 0 spiro atoms. The molecule has 0 saturated carbocycles. The van der Waals surface area contributed by atoms with E-state index in [1.165, 1.54) is 7.11 Å². The number of amides is 2. The van der Waals surface area contributed by atoms with Gasteiger partial charge in [0, 0.05) is 5.56 Å². The van der Waals surface area contributed by atoms with Crippen LogP contribution in [0.5, 0.6) is 0 Å². The van der Waals surface area contributed by atoms with Crippen LogP contribution >= 0.6 is 0 Å². The van der Waals surface area contributed by atoms with Crippen molar-refractivity contribution in [3.63, 3.8) is 0 Å². The molecule has 0 saturated heterocycles. The molecule has 2 aromatic carbocycles. The van der Waals surface area contributed by atoms with E-state index in [0.717, 1.165) is 0 Å². The van der Waals surface area contributed by atoms with Crippen molar-refractivity contribution in [2.24, 2.45) is 0 Å². The average Bonchev–Trinajstić information content (AvgIpc) is 2.80. The normalized spacial score (nSPS) is 13.4. The molecule has 2 rings (SSSR count). The Morgan fingerprint density at radius 3 is 2.20 bits per heavy atom. The van der Waals surface area contributed by atoms with Crippen molar-refractivity contribution in [1.29, 1.82) is 0 Å². The van der Waals surface area contributed by atoms with Gasteiger partial charge in [-0.05, 0) is 30.5 Å². The molecule has 3 N–H and O–H groups in total. The molecule has 3 atom stereocenters. The molecule has 0 aliphatic rings. The minimum absolute atomic E-state index is 0.279.